The zero-order valence-corrected chi connectivity index (χ0v) is 23.3. The van der Waals surface area contributed by atoms with Gasteiger partial charge >= 0.3 is 12.6 Å². The van der Waals surface area contributed by atoms with Crippen molar-refractivity contribution < 1.29 is 32.3 Å². The maximum Gasteiger partial charge on any atom is 0.387 e. The number of Topliss-reactive ketones (excluding diaryl/α,β-unsaturated/α-hetero) is 1. The summed E-state index contributed by atoms with van der Waals surface area (Å²) in [6, 6.07) is -0.667. The Bertz CT molecular complexity index is 1100. The molecule has 2 atom stereocenters. The third-order valence-corrected chi connectivity index (χ3v) is 6.58. The van der Waals surface area contributed by atoms with Crippen molar-refractivity contribution in [3.8, 4) is 0 Å². The van der Waals surface area contributed by atoms with Gasteiger partial charge in [0, 0.05) is 52.3 Å². The summed E-state index contributed by atoms with van der Waals surface area (Å²) in [6.07, 6.45) is 5.80. The molecule has 0 aromatic carbocycles. The van der Waals surface area contributed by atoms with Crippen molar-refractivity contribution in [3.63, 3.8) is 0 Å². The maximum atomic E-state index is 13.3. The summed E-state index contributed by atoms with van der Waals surface area (Å²) in [5.74, 6) is 0.484. The Labute approximate surface area is 228 Å². The summed E-state index contributed by atoms with van der Waals surface area (Å²) in [6.45, 7) is 5.25. The number of oxazole rings is 1. The van der Waals surface area contributed by atoms with Gasteiger partial charge in [0.15, 0.2) is 23.0 Å². The Morgan fingerprint density at radius 2 is 1.90 bits per heavy atom. The normalized spacial score (nSPS) is 18.1. The number of hydrogen-bond donors (Lipinski definition) is 1. The van der Waals surface area contributed by atoms with Crippen molar-refractivity contribution in [2.45, 2.75) is 46.3 Å². The average Bonchev–Trinajstić information content (AvgIpc) is 3.26. The van der Waals surface area contributed by atoms with Gasteiger partial charge in [0.2, 0.25) is 5.89 Å². The lowest BCUT2D eigenvalue weighted by molar-refractivity contribution is -0.101. The van der Waals surface area contributed by atoms with Gasteiger partial charge in [0.25, 0.3) is 0 Å². The molecule has 0 spiro atoms. The molecule has 2 aliphatic rings. The molecule has 3 rings (SSSR count). The van der Waals surface area contributed by atoms with E-state index in [-0.39, 0.29) is 59.6 Å². The number of piperazine rings is 1. The Balaban J connectivity index is 1.82. The minimum Gasteiger partial charge on any atom is -0.490 e. The number of hydrogen-bond acceptors (Lipinski definition) is 8. The molecule has 1 fully saturated rings. The SMILES string of the molecule is CCC(C)COC1=C(OC(F)F)CC=CC(c2nc(C(=O)CN3CCN(C(=O)N(C)C)CC3)c([C@H](C)N)o2)=C1. The molecule has 12 heteroatoms. The molecule has 39 heavy (non-hydrogen) atoms. The summed E-state index contributed by atoms with van der Waals surface area (Å²) in [4.78, 5) is 35.2. The predicted molar refractivity (Wildman–Crippen MR) is 142 cm³/mol. The number of amides is 2. The molecule has 10 nitrogen and oxygen atoms in total. The Morgan fingerprint density at radius 1 is 1.21 bits per heavy atom. The highest BCUT2D eigenvalue weighted by Gasteiger charge is 2.28. The smallest absolute Gasteiger partial charge is 0.387 e. The molecule has 0 bridgehead atoms. The van der Waals surface area contributed by atoms with Crippen LogP contribution in [0.1, 0.15) is 61.8 Å². The van der Waals surface area contributed by atoms with Crippen LogP contribution in [0.25, 0.3) is 5.57 Å². The second-order valence-electron chi connectivity index (χ2n) is 10.1. The van der Waals surface area contributed by atoms with Crippen molar-refractivity contribution in [3.05, 3.63) is 47.1 Å². The van der Waals surface area contributed by atoms with E-state index < -0.39 is 12.7 Å². The average molecular weight is 552 g/mol. The number of urea groups is 1. The fraction of sp³-hybridized carbons (Fsp3) is 0.593. The molecule has 1 saturated heterocycles. The fourth-order valence-electron chi connectivity index (χ4n) is 4.10. The number of ketones is 1. The van der Waals surface area contributed by atoms with E-state index in [1.54, 1.807) is 38.1 Å². The number of alkyl halides is 2. The van der Waals surface area contributed by atoms with E-state index in [0.29, 0.717) is 38.4 Å². The highest BCUT2D eigenvalue weighted by Crippen LogP contribution is 2.30. The minimum atomic E-state index is -3.00. The summed E-state index contributed by atoms with van der Waals surface area (Å²) in [5, 5.41) is 0. The van der Waals surface area contributed by atoms with E-state index in [4.69, 9.17) is 19.6 Å². The van der Waals surface area contributed by atoms with Gasteiger partial charge in [-0.2, -0.15) is 8.78 Å². The van der Waals surface area contributed by atoms with Gasteiger partial charge in [-0.15, -0.1) is 0 Å². The van der Waals surface area contributed by atoms with Crippen LogP contribution in [0.3, 0.4) is 0 Å². The molecule has 0 radical (unpaired) electrons. The van der Waals surface area contributed by atoms with E-state index in [1.807, 2.05) is 18.7 Å². The second-order valence-corrected chi connectivity index (χ2v) is 10.1. The second kappa shape index (κ2) is 13.7. The minimum absolute atomic E-state index is 0.00159. The first-order valence-corrected chi connectivity index (χ1v) is 13.2. The van der Waals surface area contributed by atoms with Crippen molar-refractivity contribution in [1.82, 2.24) is 19.7 Å². The lowest BCUT2D eigenvalue weighted by Crippen LogP contribution is -2.52. The van der Waals surface area contributed by atoms with Crippen LogP contribution in [0.5, 0.6) is 0 Å². The zero-order chi connectivity index (χ0) is 28.7. The van der Waals surface area contributed by atoms with Gasteiger partial charge < -0.3 is 29.4 Å². The highest BCUT2D eigenvalue weighted by molar-refractivity contribution is 5.97. The van der Waals surface area contributed by atoms with Crippen LogP contribution in [0.4, 0.5) is 13.6 Å². The van der Waals surface area contributed by atoms with Crippen molar-refractivity contribution in [1.29, 1.82) is 0 Å². The van der Waals surface area contributed by atoms with Gasteiger partial charge in [-0.3, -0.25) is 9.69 Å². The molecular formula is C27H39F2N5O5. The fourth-order valence-corrected chi connectivity index (χ4v) is 4.10. The number of aromatic nitrogens is 1. The molecule has 2 N–H and O–H groups in total. The number of allylic oxidation sites excluding steroid dienone is 4. The quantitative estimate of drug-likeness (QED) is 0.410. The largest absolute Gasteiger partial charge is 0.490 e. The van der Waals surface area contributed by atoms with Crippen molar-refractivity contribution >= 4 is 17.4 Å². The molecule has 216 valence electrons. The molecule has 1 aromatic rings. The predicted octanol–water partition coefficient (Wildman–Crippen LogP) is 4.03. The van der Waals surface area contributed by atoms with Gasteiger partial charge in [-0.05, 0) is 18.9 Å². The Hall–Kier alpha value is -3.25. The van der Waals surface area contributed by atoms with Crippen LogP contribution in [-0.4, -0.2) is 91.5 Å². The monoisotopic (exact) mass is 551 g/mol. The maximum absolute atomic E-state index is 13.3. The summed E-state index contributed by atoms with van der Waals surface area (Å²) in [7, 11) is 3.41. The number of carbonyl (C=O) groups is 2. The van der Waals surface area contributed by atoms with E-state index in [0.717, 1.165) is 6.42 Å². The first-order valence-electron chi connectivity index (χ1n) is 13.2. The lowest BCUT2D eigenvalue weighted by Gasteiger charge is -2.35. The molecule has 1 aliphatic heterocycles. The third kappa shape index (κ3) is 8.12. The molecule has 2 heterocycles. The van der Waals surface area contributed by atoms with E-state index in [1.165, 1.54) is 11.0 Å². The number of carbonyl (C=O) groups excluding carboxylic acids is 2. The van der Waals surface area contributed by atoms with E-state index in [2.05, 4.69) is 4.98 Å². The van der Waals surface area contributed by atoms with E-state index in [9.17, 15) is 18.4 Å². The molecule has 0 saturated carbocycles. The Morgan fingerprint density at radius 3 is 2.49 bits per heavy atom. The van der Waals surface area contributed by atoms with E-state index >= 15 is 0 Å². The van der Waals surface area contributed by atoms with Crippen LogP contribution >= 0.6 is 0 Å². The Kier molecular flexibility index (Phi) is 10.6. The summed E-state index contributed by atoms with van der Waals surface area (Å²) in [5.41, 5.74) is 6.69. The van der Waals surface area contributed by atoms with Gasteiger partial charge in [0.1, 0.15) is 5.76 Å². The first kappa shape index (κ1) is 30.3. The lowest BCUT2D eigenvalue weighted by atomic mass is 10.1. The molecule has 2 amide bonds. The molecular weight excluding hydrogens is 512 g/mol. The summed E-state index contributed by atoms with van der Waals surface area (Å²) >= 11 is 0. The highest BCUT2D eigenvalue weighted by atomic mass is 19.3. The van der Waals surface area contributed by atoms with Gasteiger partial charge in [-0.1, -0.05) is 32.4 Å². The first-order chi connectivity index (χ1) is 18.5. The third-order valence-electron chi connectivity index (χ3n) is 6.58. The molecule has 1 aromatic heterocycles. The molecule has 1 aliphatic carbocycles. The zero-order valence-electron chi connectivity index (χ0n) is 23.3. The summed E-state index contributed by atoms with van der Waals surface area (Å²) < 4.78 is 42.7. The number of halogens is 2. The number of nitrogens with two attached hydrogens (primary N) is 1. The standard InChI is InChI=1S/C27H39F2N5O5/c1-6-17(2)16-37-22-14-19(8-7-9-21(22)38-26(28)29)25-31-23(24(39-25)18(3)30)20(35)15-33-10-12-34(13-11-33)27(36)32(4)5/h7-8,14,17-18,26H,6,9-13,15-16,30H2,1-5H3/t17?,18-/m0/s1. The van der Waals surface area contributed by atoms with Crippen molar-refractivity contribution in [2.75, 3.05) is 53.4 Å². The topological polar surface area (TPSA) is 114 Å². The van der Waals surface area contributed by atoms with Crippen LogP contribution in [0.15, 0.2) is 34.2 Å². The van der Waals surface area contributed by atoms with Crippen molar-refractivity contribution in [2.24, 2.45) is 11.7 Å². The van der Waals surface area contributed by atoms with Gasteiger partial charge in [-0.25, -0.2) is 9.78 Å². The van der Waals surface area contributed by atoms with Crippen LogP contribution in [0.2, 0.25) is 0 Å². The molecule has 1 unspecified atom stereocenters. The number of ether oxygens (including phenoxy) is 2. The number of nitrogens with zero attached hydrogens (tertiary/aromatic N) is 4. The van der Waals surface area contributed by atoms with Crippen LogP contribution in [0, 0.1) is 5.92 Å². The number of rotatable bonds is 11. The van der Waals surface area contributed by atoms with Crippen LogP contribution in [-0.2, 0) is 9.47 Å². The van der Waals surface area contributed by atoms with Gasteiger partial charge in [0.05, 0.1) is 19.2 Å². The van der Waals surface area contributed by atoms with Crippen LogP contribution < -0.4 is 5.73 Å².